The van der Waals surface area contributed by atoms with Crippen LogP contribution in [0.1, 0.15) is 31.4 Å². The molecule has 0 spiro atoms. The Bertz CT molecular complexity index is 598. The highest BCUT2D eigenvalue weighted by Gasteiger charge is 2.44. The number of carbonyl (C=O) groups excluding carboxylic acids is 1. The largest absolute Gasteiger partial charge is 0.465 e. The molecule has 24 heavy (non-hydrogen) atoms. The molecule has 0 aliphatic heterocycles. The summed E-state index contributed by atoms with van der Waals surface area (Å²) < 4.78 is 5.54. The fourth-order valence-electron chi connectivity index (χ4n) is 3.05. The Morgan fingerprint density at radius 3 is 1.83 bits per heavy atom. The van der Waals surface area contributed by atoms with Crippen LogP contribution in [0.15, 0.2) is 60.7 Å². The molecular formula is C21H27NO2. The maximum atomic E-state index is 13.2. The normalized spacial score (nSPS) is 12.9. The van der Waals surface area contributed by atoms with E-state index in [0.29, 0.717) is 13.0 Å². The van der Waals surface area contributed by atoms with Gasteiger partial charge in [0.2, 0.25) is 0 Å². The van der Waals surface area contributed by atoms with Crippen molar-refractivity contribution in [2.45, 2.75) is 31.7 Å². The first-order valence-electron chi connectivity index (χ1n) is 8.47. The van der Waals surface area contributed by atoms with E-state index in [9.17, 15) is 4.79 Å². The molecule has 2 rings (SSSR count). The summed E-state index contributed by atoms with van der Waals surface area (Å²) in [5.74, 6) is -0.184. The minimum absolute atomic E-state index is 0.184. The lowest BCUT2D eigenvalue weighted by molar-refractivity contribution is -0.149. The number of carbonyl (C=O) groups is 1. The SMILES string of the molecule is CCOC(=O)C(C[C@H](C)N(C)C)(c1ccccc1)c1ccccc1. The molecule has 0 unspecified atom stereocenters. The van der Waals surface area contributed by atoms with Crippen molar-refractivity contribution in [3.05, 3.63) is 71.8 Å². The third-order valence-corrected chi connectivity index (χ3v) is 4.64. The lowest BCUT2D eigenvalue weighted by Crippen LogP contribution is -2.44. The van der Waals surface area contributed by atoms with Gasteiger partial charge < -0.3 is 9.64 Å². The number of rotatable bonds is 7. The Labute approximate surface area is 145 Å². The second kappa shape index (κ2) is 8.11. The summed E-state index contributed by atoms with van der Waals surface area (Å²) in [7, 11) is 4.08. The van der Waals surface area contributed by atoms with Crippen LogP contribution in [-0.2, 0) is 14.9 Å². The Hall–Kier alpha value is -2.13. The zero-order valence-corrected chi connectivity index (χ0v) is 15.0. The van der Waals surface area contributed by atoms with Gasteiger partial charge in [0.25, 0.3) is 0 Å². The van der Waals surface area contributed by atoms with E-state index in [2.05, 4.69) is 11.8 Å². The van der Waals surface area contributed by atoms with Gasteiger partial charge in [0.1, 0.15) is 5.41 Å². The minimum Gasteiger partial charge on any atom is -0.465 e. The van der Waals surface area contributed by atoms with Crippen molar-refractivity contribution >= 4 is 5.97 Å². The molecular weight excluding hydrogens is 298 g/mol. The van der Waals surface area contributed by atoms with Gasteiger partial charge in [-0.1, -0.05) is 60.7 Å². The van der Waals surface area contributed by atoms with Gasteiger partial charge in [0.15, 0.2) is 0 Å². The molecule has 3 heteroatoms. The molecule has 0 bridgehead atoms. The topological polar surface area (TPSA) is 29.5 Å². The van der Waals surface area contributed by atoms with Gasteiger partial charge >= 0.3 is 5.97 Å². The Balaban J connectivity index is 2.65. The first-order chi connectivity index (χ1) is 11.5. The van der Waals surface area contributed by atoms with Crippen molar-refractivity contribution in [2.75, 3.05) is 20.7 Å². The fourth-order valence-corrected chi connectivity index (χ4v) is 3.05. The lowest BCUT2D eigenvalue weighted by Gasteiger charge is -2.36. The highest BCUT2D eigenvalue weighted by atomic mass is 16.5. The van der Waals surface area contributed by atoms with Crippen LogP contribution in [0.5, 0.6) is 0 Å². The molecule has 0 fully saturated rings. The van der Waals surface area contributed by atoms with Crippen LogP contribution in [0.25, 0.3) is 0 Å². The smallest absolute Gasteiger partial charge is 0.321 e. The van der Waals surface area contributed by atoms with Crippen molar-refractivity contribution in [3.8, 4) is 0 Å². The Morgan fingerprint density at radius 2 is 1.46 bits per heavy atom. The van der Waals surface area contributed by atoms with Crippen LogP contribution in [0.4, 0.5) is 0 Å². The maximum absolute atomic E-state index is 13.2. The van der Waals surface area contributed by atoms with Crippen LogP contribution in [-0.4, -0.2) is 37.6 Å². The third-order valence-electron chi connectivity index (χ3n) is 4.64. The highest BCUT2D eigenvalue weighted by molar-refractivity contribution is 5.87. The standard InChI is InChI=1S/C21H27NO2/c1-5-24-20(23)21(16-17(2)22(3)4,18-12-8-6-9-13-18)19-14-10-7-11-15-19/h6-15,17H,5,16H2,1-4H3/t17-/m0/s1. The van der Waals surface area contributed by atoms with Gasteiger partial charge in [-0.05, 0) is 45.5 Å². The first-order valence-corrected chi connectivity index (χ1v) is 8.47. The van der Waals surface area contributed by atoms with E-state index in [1.807, 2.05) is 81.7 Å². The molecule has 0 aromatic heterocycles. The summed E-state index contributed by atoms with van der Waals surface area (Å²) in [6, 6.07) is 20.2. The summed E-state index contributed by atoms with van der Waals surface area (Å²) in [5.41, 5.74) is 1.15. The van der Waals surface area contributed by atoms with Gasteiger partial charge in [-0.3, -0.25) is 4.79 Å². The van der Waals surface area contributed by atoms with Crippen molar-refractivity contribution < 1.29 is 9.53 Å². The van der Waals surface area contributed by atoms with E-state index >= 15 is 0 Å². The van der Waals surface area contributed by atoms with Crippen molar-refractivity contribution in [1.82, 2.24) is 4.90 Å². The van der Waals surface area contributed by atoms with E-state index in [1.54, 1.807) is 0 Å². The molecule has 0 heterocycles. The van der Waals surface area contributed by atoms with Crippen LogP contribution in [0.3, 0.4) is 0 Å². The molecule has 3 nitrogen and oxygen atoms in total. The molecule has 2 aromatic rings. The van der Waals surface area contributed by atoms with Gasteiger partial charge in [-0.25, -0.2) is 0 Å². The number of ether oxygens (including phenoxy) is 1. The van der Waals surface area contributed by atoms with Crippen molar-refractivity contribution in [1.29, 1.82) is 0 Å². The molecule has 1 atom stereocenters. The number of nitrogens with zero attached hydrogens (tertiary/aromatic N) is 1. The second-order valence-electron chi connectivity index (χ2n) is 6.37. The first kappa shape index (κ1) is 18.2. The molecule has 0 N–H and O–H groups in total. The fraction of sp³-hybridized carbons (Fsp3) is 0.381. The number of esters is 1. The van der Waals surface area contributed by atoms with Crippen LogP contribution in [0, 0.1) is 0 Å². The predicted octanol–water partition coefficient (Wildman–Crippen LogP) is 3.88. The molecule has 0 aliphatic carbocycles. The highest BCUT2D eigenvalue weighted by Crippen LogP contribution is 2.39. The molecule has 128 valence electrons. The van der Waals surface area contributed by atoms with Gasteiger partial charge in [0, 0.05) is 6.04 Å². The number of hydrogen-bond acceptors (Lipinski definition) is 3. The van der Waals surface area contributed by atoms with Crippen molar-refractivity contribution in [3.63, 3.8) is 0 Å². The van der Waals surface area contributed by atoms with E-state index in [4.69, 9.17) is 4.74 Å². The Kier molecular flexibility index (Phi) is 6.16. The zero-order chi connectivity index (χ0) is 17.6. The summed E-state index contributed by atoms with van der Waals surface area (Å²) >= 11 is 0. The van der Waals surface area contributed by atoms with Gasteiger partial charge in [-0.15, -0.1) is 0 Å². The lowest BCUT2D eigenvalue weighted by atomic mass is 9.70. The van der Waals surface area contributed by atoms with E-state index < -0.39 is 5.41 Å². The van der Waals surface area contributed by atoms with Crippen molar-refractivity contribution in [2.24, 2.45) is 0 Å². The summed E-state index contributed by atoms with van der Waals surface area (Å²) in [5, 5.41) is 0. The Morgan fingerprint density at radius 1 is 1.00 bits per heavy atom. The quantitative estimate of drug-likeness (QED) is 0.724. The zero-order valence-electron chi connectivity index (χ0n) is 15.0. The monoisotopic (exact) mass is 325 g/mol. The number of hydrogen-bond donors (Lipinski definition) is 0. The maximum Gasteiger partial charge on any atom is 0.321 e. The molecule has 0 radical (unpaired) electrons. The van der Waals surface area contributed by atoms with E-state index in [1.165, 1.54) is 0 Å². The molecule has 2 aromatic carbocycles. The summed E-state index contributed by atoms with van der Waals surface area (Å²) in [6.07, 6.45) is 0.660. The van der Waals surface area contributed by atoms with Crippen LogP contribution < -0.4 is 0 Å². The van der Waals surface area contributed by atoms with Crippen LogP contribution in [0.2, 0.25) is 0 Å². The number of benzene rings is 2. The minimum atomic E-state index is -0.803. The van der Waals surface area contributed by atoms with Crippen LogP contribution >= 0.6 is 0 Å². The summed E-state index contributed by atoms with van der Waals surface area (Å²) in [4.78, 5) is 15.3. The van der Waals surface area contributed by atoms with Gasteiger partial charge in [-0.2, -0.15) is 0 Å². The summed E-state index contributed by atoms with van der Waals surface area (Å²) in [6.45, 7) is 4.37. The molecule has 0 aliphatic rings. The average Bonchev–Trinajstić information content (AvgIpc) is 2.61. The van der Waals surface area contributed by atoms with E-state index in [0.717, 1.165) is 11.1 Å². The predicted molar refractivity (Wildman–Crippen MR) is 98.1 cm³/mol. The molecule has 0 amide bonds. The average molecular weight is 325 g/mol. The second-order valence-corrected chi connectivity index (χ2v) is 6.37. The molecule has 0 saturated carbocycles. The van der Waals surface area contributed by atoms with E-state index in [-0.39, 0.29) is 12.0 Å². The van der Waals surface area contributed by atoms with Gasteiger partial charge in [0.05, 0.1) is 6.61 Å². The third kappa shape index (κ3) is 3.68. The molecule has 0 saturated heterocycles.